The van der Waals surface area contributed by atoms with Gasteiger partial charge in [0.2, 0.25) is 0 Å². The molecule has 1 aliphatic rings. The Bertz CT molecular complexity index is 662. The summed E-state index contributed by atoms with van der Waals surface area (Å²) in [4.78, 5) is 0. The first-order valence-electron chi connectivity index (χ1n) is 8.00. The monoisotopic (exact) mass is 331 g/mol. The normalized spacial score (nSPS) is 18.3. The van der Waals surface area contributed by atoms with Crippen molar-refractivity contribution in [2.45, 2.75) is 25.5 Å². The third kappa shape index (κ3) is 3.84. The summed E-state index contributed by atoms with van der Waals surface area (Å²) < 4.78 is 24.3. The molecule has 0 unspecified atom stereocenters. The van der Waals surface area contributed by atoms with Gasteiger partial charge in [0.05, 0.1) is 13.2 Å². The third-order valence-electron chi connectivity index (χ3n) is 3.93. The van der Waals surface area contributed by atoms with Gasteiger partial charge in [0.1, 0.15) is 0 Å². The Morgan fingerprint density at radius 1 is 1.04 bits per heavy atom. The predicted octanol–water partition coefficient (Wildman–Crippen LogP) is 4.99. The van der Waals surface area contributed by atoms with E-state index in [0.717, 1.165) is 24.1 Å². The van der Waals surface area contributed by atoms with E-state index in [9.17, 15) is 4.57 Å². The largest absolute Gasteiger partial charge is 0.368 e. The SMILES string of the molecule is CCc1ccc(N[C@H](c2ccccc2)P2(=O)OCCCO2)cc1. The van der Waals surface area contributed by atoms with Crippen molar-refractivity contribution in [1.29, 1.82) is 0 Å². The van der Waals surface area contributed by atoms with Gasteiger partial charge in [-0.25, -0.2) is 0 Å². The molecule has 4 nitrogen and oxygen atoms in total. The molecular weight excluding hydrogens is 309 g/mol. The molecule has 1 N–H and O–H groups in total. The van der Waals surface area contributed by atoms with Crippen LogP contribution in [0.1, 0.15) is 30.3 Å². The Balaban J connectivity index is 1.90. The smallest absolute Gasteiger partial charge is 0.357 e. The first kappa shape index (κ1) is 16.3. The fraction of sp³-hybridized carbons (Fsp3) is 0.333. The summed E-state index contributed by atoms with van der Waals surface area (Å²) in [6, 6.07) is 17.8. The average Bonchev–Trinajstić information content (AvgIpc) is 2.61. The molecule has 3 rings (SSSR count). The van der Waals surface area contributed by atoms with Crippen molar-refractivity contribution in [3.8, 4) is 0 Å². The Labute approximate surface area is 137 Å². The maximum Gasteiger partial charge on any atom is 0.357 e. The van der Waals surface area contributed by atoms with Crippen LogP contribution in [0.4, 0.5) is 5.69 Å². The molecule has 2 aromatic rings. The van der Waals surface area contributed by atoms with Crippen molar-refractivity contribution in [3.63, 3.8) is 0 Å². The fourth-order valence-corrected chi connectivity index (χ4v) is 4.59. The summed E-state index contributed by atoms with van der Waals surface area (Å²) in [6.45, 7) is 3.06. The van der Waals surface area contributed by atoms with E-state index in [1.165, 1.54) is 5.56 Å². The van der Waals surface area contributed by atoms with Gasteiger partial charge in [0.15, 0.2) is 5.78 Å². The van der Waals surface area contributed by atoms with Crippen LogP contribution < -0.4 is 5.32 Å². The summed E-state index contributed by atoms with van der Waals surface area (Å²) in [6.07, 6.45) is 1.77. The Morgan fingerprint density at radius 3 is 2.30 bits per heavy atom. The van der Waals surface area contributed by atoms with Gasteiger partial charge >= 0.3 is 7.60 Å². The van der Waals surface area contributed by atoms with Crippen molar-refractivity contribution in [2.75, 3.05) is 18.5 Å². The van der Waals surface area contributed by atoms with Crippen molar-refractivity contribution < 1.29 is 13.6 Å². The number of rotatable bonds is 5. The summed E-state index contributed by atoms with van der Waals surface area (Å²) in [5.41, 5.74) is 3.07. The Morgan fingerprint density at radius 2 is 1.70 bits per heavy atom. The maximum atomic E-state index is 13.2. The van der Waals surface area contributed by atoms with E-state index in [4.69, 9.17) is 9.05 Å². The lowest BCUT2D eigenvalue weighted by atomic mass is 10.1. The number of benzene rings is 2. The molecule has 0 amide bonds. The number of aryl methyl sites for hydroxylation is 1. The molecule has 122 valence electrons. The molecule has 1 aliphatic heterocycles. The second kappa shape index (κ2) is 7.31. The zero-order valence-electron chi connectivity index (χ0n) is 13.3. The molecule has 1 fully saturated rings. The first-order chi connectivity index (χ1) is 11.2. The molecule has 1 saturated heterocycles. The van der Waals surface area contributed by atoms with Crippen molar-refractivity contribution >= 4 is 13.3 Å². The van der Waals surface area contributed by atoms with Gasteiger partial charge in [-0.15, -0.1) is 0 Å². The fourth-order valence-electron chi connectivity index (χ4n) is 2.60. The molecule has 0 bridgehead atoms. The van der Waals surface area contributed by atoms with E-state index in [1.54, 1.807) is 0 Å². The zero-order chi connectivity index (χ0) is 16.1. The van der Waals surface area contributed by atoms with Gasteiger partial charge in [-0.1, -0.05) is 49.4 Å². The first-order valence-corrected chi connectivity index (χ1v) is 9.62. The van der Waals surface area contributed by atoms with E-state index < -0.39 is 13.4 Å². The highest BCUT2D eigenvalue weighted by Gasteiger charge is 2.39. The summed E-state index contributed by atoms with van der Waals surface area (Å²) >= 11 is 0. The van der Waals surface area contributed by atoms with Crippen molar-refractivity contribution in [2.24, 2.45) is 0 Å². The Hall–Kier alpha value is -1.61. The van der Waals surface area contributed by atoms with Crippen LogP contribution >= 0.6 is 7.60 Å². The highest BCUT2D eigenvalue weighted by atomic mass is 31.2. The van der Waals surface area contributed by atoms with E-state index >= 15 is 0 Å². The van der Waals surface area contributed by atoms with E-state index in [0.29, 0.717) is 13.2 Å². The number of nitrogens with one attached hydrogen (secondary N) is 1. The summed E-state index contributed by atoms with van der Waals surface area (Å²) in [7, 11) is -3.24. The minimum Gasteiger partial charge on any atom is -0.368 e. The molecular formula is C18H22NO3P. The molecule has 5 heteroatoms. The van der Waals surface area contributed by atoms with Crippen molar-refractivity contribution in [1.82, 2.24) is 0 Å². The second-order valence-corrected chi connectivity index (χ2v) is 7.68. The van der Waals surface area contributed by atoms with Gasteiger partial charge in [-0.05, 0) is 36.1 Å². The minimum atomic E-state index is -3.24. The maximum absolute atomic E-state index is 13.2. The molecule has 2 aromatic carbocycles. The lowest BCUT2D eigenvalue weighted by molar-refractivity contribution is 0.142. The molecule has 1 atom stereocenters. The minimum absolute atomic E-state index is 0.469. The van der Waals surface area contributed by atoms with Gasteiger partial charge in [0, 0.05) is 5.69 Å². The Kier molecular flexibility index (Phi) is 5.16. The third-order valence-corrected chi connectivity index (χ3v) is 6.07. The van der Waals surface area contributed by atoms with Gasteiger partial charge in [-0.2, -0.15) is 0 Å². The van der Waals surface area contributed by atoms with Crippen LogP contribution in [0.3, 0.4) is 0 Å². The van der Waals surface area contributed by atoms with Crippen LogP contribution in [0.15, 0.2) is 54.6 Å². The van der Waals surface area contributed by atoms with Crippen LogP contribution in [-0.2, 0) is 20.0 Å². The van der Waals surface area contributed by atoms with Crippen LogP contribution in [0.5, 0.6) is 0 Å². The lowest BCUT2D eigenvalue weighted by Crippen LogP contribution is -2.19. The van der Waals surface area contributed by atoms with Gasteiger partial charge in [0.25, 0.3) is 0 Å². The summed E-state index contributed by atoms with van der Waals surface area (Å²) in [5, 5.41) is 3.34. The van der Waals surface area contributed by atoms with Crippen LogP contribution in [0.25, 0.3) is 0 Å². The number of hydrogen-bond donors (Lipinski definition) is 1. The van der Waals surface area contributed by atoms with Crippen LogP contribution in [0, 0.1) is 0 Å². The molecule has 1 heterocycles. The van der Waals surface area contributed by atoms with Crippen LogP contribution in [-0.4, -0.2) is 13.2 Å². The topological polar surface area (TPSA) is 47.6 Å². The number of hydrogen-bond acceptors (Lipinski definition) is 4. The molecule has 0 spiro atoms. The zero-order valence-corrected chi connectivity index (χ0v) is 14.2. The quantitative estimate of drug-likeness (QED) is 0.784. The predicted molar refractivity (Wildman–Crippen MR) is 92.8 cm³/mol. The molecule has 0 radical (unpaired) electrons. The van der Waals surface area contributed by atoms with E-state index in [1.807, 2.05) is 42.5 Å². The highest BCUT2D eigenvalue weighted by molar-refractivity contribution is 7.54. The van der Waals surface area contributed by atoms with Crippen LogP contribution in [0.2, 0.25) is 0 Å². The average molecular weight is 331 g/mol. The standard InChI is InChI=1S/C18H22NO3P/c1-2-15-9-11-17(12-10-15)19-18(16-7-4-3-5-8-16)23(20)21-13-6-14-22-23/h3-5,7-12,18-19H,2,6,13-14H2,1H3/t18-/m0/s1. The highest BCUT2D eigenvalue weighted by Crippen LogP contribution is 2.62. The summed E-state index contributed by atoms with van der Waals surface area (Å²) in [5.74, 6) is -0.503. The molecule has 23 heavy (non-hydrogen) atoms. The van der Waals surface area contributed by atoms with Gasteiger partial charge < -0.3 is 14.4 Å². The second-order valence-electron chi connectivity index (χ2n) is 5.57. The van der Waals surface area contributed by atoms with E-state index in [2.05, 4.69) is 24.4 Å². The van der Waals surface area contributed by atoms with Gasteiger partial charge in [-0.3, -0.25) is 4.57 Å². The van der Waals surface area contributed by atoms with Crippen molar-refractivity contribution in [3.05, 3.63) is 65.7 Å². The molecule has 0 aliphatic carbocycles. The number of anilines is 1. The lowest BCUT2D eigenvalue weighted by Gasteiger charge is -2.31. The van der Waals surface area contributed by atoms with E-state index in [-0.39, 0.29) is 0 Å². The molecule has 0 aromatic heterocycles. The molecule has 0 saturated carbocycles.